The molecule has 20 rings (SSSR count). The third-order valence-corrected chi connectivity index (χ3v) is 35.7. The number of nitrogens with zero attached hydrogens (tertiary/aromatic N) is 17. The predicted octanol–water partition coefficient (Wildman–Crippen LogP) is 9.30. The molecule has 27 nitrogen and oxygen atoms in total. The lowest BCUT2D eigenvalue weighted by atomic mass is 9.86. The molecule has 20 fully saturated rings. The average Bonchev–Trinajstić information content (AvgIpc) is 1.58. The van der Waals surface area contributed by atoms with E-state index in [2.05, 4.69) is 236 Å². The highest BCUT2D eigenvalue weighted by Gasteiger charge is 2.49. The summed E-state index contributed by atoms with van der Waals surface area (Å²) in [5, 5.41) is 17.0. The van der Waals surface area contributed by atoms with Gasteiger partial charge in [-0.05, 0) is 353 Å². The summed E-state index contributed by atoms with van der Waals surface area (Å²) in [4.78, 5) is 86.7. The highest BCUT2D eigenvalue weighted by atomic mass is 16.5. The van der Waals surface area contributed by atoms with Crippen LogP contribution in [0.2, 0.25) is 0 Å². The van der Waals surface area contributed by atoms with Gasteiger partial charge in [-0.1, -0.05) is 6.42 Å². The second-order valence-electron chi connectivity index (χ2n) is 48.9. The van der Waals surface area contributed by atoms with Crippen molar-refractivity contribution in [1.29, 1.82) is 0 Å². The standard InChI is InChI=1S/C13H25N3O.C11H21N3O.C11H20N2O2.C11H20N2O.C11H22N2.4C10H20N2.C9H18N2/c1-10(2)15-5-11-7-16(8-12(11)6-15)13(17)9-14(3)4;1-8(2)13-4-9-6-14(11(15)12-3)7-10(9)5-13;1-8(2)12-4-9-6-13(11(14)15-3)7-10(9)5-12;1-8(2)12-4-10-6-13(9(3)14)7-11(10)5-12;1-10(2)13-8-11(9-13)12-6-4-3-5-7-12;1-8(2)12-6-9-4-11(3)5-10(9)7-12;1-9(2)12-6-4-10(8-12)3-5-11-7-10;2*1-9(2)12-7-5-10(8-12)4-3-6-11-10;1-7(2)11-5-8-3-10-4-9(8)6-11/h10-12H,5-9H2,1-4H3;8-10H,4-7H2,1-3H3,(H,12,15);8-10H,4-7H2,1-3H3;8,10-11H,4-7H2,1-3H3;10-11H,3-9H2,1-2H3;8-10H,4-7H2,1-3H3;3*9,11H,3-8H2,1-2H3;7-10H,3-6H2,1-2H3/t11-,12+;2*9-,10+;10-,11+;;9-,10+;;;;8-,9+. The Balaban J connectivity index is 0.000000143. The average molecular weight is 1870 g/mol. The number of fused-ring (bicyclic) bond motifs is 6. The Morgan fingerprint density at radius 3 is 0.992 bits per heavy atom. The van der Waals surface area contributed by atoms with Crippen LogP contribution < -0.4 is 26.6 Å². The first kappa shape index (κ1) is 110. The summed E-state index contributed by atoms with van der Waals surface area (Å²) in [7, 11) is 9.32. The van der Waals surface area contributed by atoms with E-state index < -0.39 is 0 Å². The molecule has 770 valence electrons. The molecule has 5 N–H and O–H groups in total. The molecule has 0 bridgehead atoms. The van der Waals surface area contributed by atoms with Crippen molar-refractivity contribution in [2.24, 2.45) is 76.4 Å². The van der Waals surface area contributed by atoms with Crippen LogP contribution in [0.1, 0.15) is 216 Å². The van der Waals surface area contributed by atoms with E-state index in [0.717, 1.165) is 156 Å². The van der Waals surface area contributed by atoms with Crippen LogP contribution in [0, 0.1) is 76.4 Å². The minimum absolute atomic E-state index is 0.0838. The molecule has 20 aliphatic heterocycles. The van der Waals surface area contributed by atoms with Crippen LogP contribution in [0.4, 0.5) is 9.59 Å². The molecule has 27 heteroatoms. The van der Waals surface area contributed by atoms with Crippen LogP contribution in [0.3, 0.4) is 0 Å². The first-order valence-electron chi connectivity index (χ1n) is 54.9. The molecule has 3 spiro atoms. The van der Waals surface area contributed by atoms with Crippen LogP contribution >= 0.6 is 0 Å². The number of carbonyl (C=O) groups is 4. The van der Waals surface area contributed by atoms with E-state index in [0.29, 0.717) is 88.6 Å². The number of nitrogens with one attached hydrogen (secondary N) is 5. The molecule has 0 aromatic rings. The van der Waals surface area contributed by atoms with Crippen LogP contribution in [0.25, 0.3) is 0 Å². The summed E-state index contributed by atoms with van der Waals surface area (Å²) in [6.07, 6.45) is 15.3. The highest BCUT2D eigenvalue weighted by molar-refractivity contribution is 5.78. The van der Waals surface area contributed by atoms with Crippen molar-refractivity contribution in [2.45, 2.75) is 294 Å². The summed E-state index contributed by atoms with van der Waals surface area (Å²) in [6, 6.07) is 8.00. The normalized spacial score (nSPS) is 33.6. The number of carbonyl (C=O) groups excluding carboxylic acids is 4. The minimum atomic E-state index is -0.166. The van der Waals surface area contributed by atoms with Gasteiger partial charge in [-0.3, -0.25) is 29.2 Å². The van der Waals surface area contributed by atoms with Crippen molar-refractivity contribution in [3.63, 3.8) is 0 Å². The Kier molecular flexibility index (Phi) is 42.4. The lowest BCUT2D eigenvalue weighted by molar-refractivity contribution is -0.131. The van der Waals surface area contributed by atoms with Gasteiger partial charge in [0.1, 0.15) is 0 Å². The molecule has 0 saturated carbocycles. The zero-order valence-corrected chi connectivity index (χ0v) is 90.3. The van der Waals surface area contributed by atoms with Crippen molar-refractivity contribution in [3.05, 3.63) is 0 Å². The van der Waals surface area contributed by atoms with Crippen LogP contribution in [-0.4, -0.2) is 475 Å². The number of rotatable bonds is 13. The summed E-state index contributed by atoms with van der Waals surface area (Å²) < 4.78 is 4.75. The minimum Gasteiger partial charge on any atom is -0.453 e. The number of hydrogen-bond acceptors (Lipinski definition) is 22. The quantitative estimate of drug-likeness (QED) is 0.117. The Hall–Kier alpha value is -3.20. The summed E-state index contributed by atoms with van der Waals surface area (Å²) in [6.45, 7) is 93.4. The van der Waals surface area contributed by atoms with E-state index in [1.807, 2.05) is 33.7 Å². The summed E-state index contributed by atoms with van der Waals surface area (Å²) in [5.74, 6) is 10.0. The first-order valence-corrected chi connectivity index (χ1v) is 54.9. The zero-order valence-electron chi connectivity index (χ0n) is 90.3. The number of amides is 5. The van der Waals surface area contributed by atoms with E-state index in [1.54, 1.807) is 14.0 Å². The van der Waals surface area contributed by atoms with Gasteiger partial charge in [-0.15, -0.1) is 0 Å². The Bertz CT molecular complexity index is 3200. The number of hydrogen-bond donors (Lipinski definition) is 5. The Morgan fingerprint density at radius 2 is 0.684 bits per heavy atom. The lowest BCUT2D eigenvalue weighted by Gasteiger charge is -2.48. The van der Waals surface area contributed by atoms with Crippen LogP contribution in [0.5, 0.6) is 0 Å². The molecule has 20 heterocycles. The molecular weight excluding hydrogens is 1660 g/mol. The van der Waals surface area contributed by atoms with Gasteiger partial charge in [0.05, 0.1) is 13.7 Å². The van der Waals surface area contributed by atoms with Crippen molar-refractivity contribution < 1.29 is 23.9 Å². The number of ether oxygens (including phenoxy) is 1. The maximum Gasteiger partial charge on any atom is 0.409 e. The third-order valence-electron chi connectivity index (χ3n) is 35.7. The van der Waals surface area contributed by atoms with Gasteiger partial charge in [-0.25, -0.2) is 9.59 Å². The predicted molar refractivity (Wildman–Crippen MR) is 550 cm³/mol. The monoisotopic (exact) mass is 1870 g/mol. The fourth-order valence-electron chi connectivity index (χ4n) is 26.3. The van der Waals surface area contributed by atoms with Gasteiger partial charge in [0.25, 0.3) is 0 Å². The van der Waals surface area contributed by atoms with Gasteiger partial charge in [0.2, 0.25) is 11.8 Å². The lowest BCUT2D eigenvalue weighted by Crippen LogP contribution is -2.61. The van der Waals surface area contributed by atoms with Crippen LogP contribution in [0.15, 0.2) is 0 Å². The second kappa shape index (κ2) is 51.1. The SMILES string of the molecule is CC(=O)N1C[C@@H]2CN(C(C)C)C[C@@H]2C1.CC(C)N1CC(N2CCCCC2)C1.CC(C)N1CCC2(CCCN2)C1.CC(C)N1CCC2(CCCN2)C1.CC(C)N1CCC2(CCNC2)C1.CC(C)N1C[C@H]2CN(C(=O)CN(C)C)C[C@H]2C1.CC(C)N1C[C@H]2CN(C)C[C@H]2C1.CC(C)N1C[C@H]2CNC[C@H]2C1.CNC(=O)N1C[C@@H]2CN(C(C)C)C[C@@H]2C1.COC(=O)N1C[C@@H]2CN(C(C)C)C[C@@H]2C1. The van der Waals surface area contributed by atoms with Gasteiger partial charge in [0, 0.05) is 288 Å². The summed E-state index contributed by atoms with van der Waals surface area (Å²) >= 11 is 0. The fraction of sp³-hybridized carbons (Fsp3) is 0.962. The fourth-order valence-corrected chi connectivity index (χ4v) is 26.3. The number of likely N-dealkylation sites (tertiary alicyclic amines) is 16. The van der Waals surface area contributed by atoms with E-state index >= 15 is 0 Å². The molecule has 3 unspecified atom stereocenters. The van der Waals surface area contributed by atoms with Crippen molar-refractivity contribution >= 4 is 23.9 Å². The van der Waals surface area contributed by atoms with Crippen molar-refractivity contribution in [3.8, 4) is 0 Å². The van der Waals surface area contributed by atoms with Gasteiger partial charge in [-0.2, -0.15) is 0 Å². The molecular formula is C106H206N22O5. The van der Waals surface area contributed by atoms with Gasteiger partial charge < -0.3 is 95.0 Å². The van der Waals surface area contributed by atoms with E-state index in [9.17, 15) is 19.2 Å². The third kappa shape index (κ3) is 30.9. The maximum absolute atomic E-state index is 12.0. The van der Waals surface area contributed by atoms with Gasteiger partial charge >= 0.3 is 12.1 Å². The van der Waals surface area contributed by atoms with E-state index in [1.165, 1.54) is 248 Å². The molecule has 5 amide bonds. The van der Waals surface area contributed by atoms with Gasteiger partial charge in [0.15, 0.2) is 0 Å². The molecule has 0 aromatic carbocycles. The smallest absolute Gasteiger partial charge is 0.409 e. The zero-order chi connectivity index (χ0) is 96.5. The number of piperidine rings is 1. The Morgan fingerprint density at radius 1 is 0.353 bits per heavy atom. The van der Waals surface area contributed by atoms with E-state index in [-0.39, 0.29) is 18.0 Å². The summed E-state index contributed by atoms with van der Waals surface area (Å²) in [5.41, 5.74) is 1.69. The topological polar surface area (TPSA) is 193 Å². The molecule has 133 heavy (non-hydrogen) atoms. The van der Waals surface area contributed by atoms with Crippen molar-refractivity contribution in [2.75, 3.05) is 291 Å². The molecule has 20 aliphatic rings. The maximum atomic E-state index is 12.0. The molecule has 0 aliphatic carbocycles. The number of methoxy groups -OCH3 is 1. The van der Waals surface area contributed by atoms with E-state index in [4.69, 9.17) is 4.74 Å². The second-order valence-corrected chi connectivity index (χ2v) is 48.9. The Labute approximate surface area is 813 Å². The van der Waals surface area contributed by atoms with Crippen molar-refractivity contribution in [1.82, 2.24) is 110 Å². The number of likely N-dealkylation sites (N-methyl/N-ethyl adjacent to an activating group) is 1. The highest BCUT2D eigenvalue weighted by Crippen LogP contribution is 2.41. The number of urea groups is 1. The molecule has 20 saturated heterocycles. The first-order chi connectivity index (χ1) is 63.1. The van der Waals surface area contributed by atoms with Crippen LogP contribution in [-0.2, 0) is 14.3 Å². The molecule has 0 aromatic heterocycles. The molecule has 15 atom stereocenters. The molecule has 0 radical (unpaired) electrons. The largest absolute Gasteiger partial charge is 0.453 e.